The molecule has 8 aromatic rings. The fourth-order valence-electron chi connectivity index (χ4n) is 6.83. The molecule has 5 heteroatoms. The summed E-state index contributed by atoms with van der Waals surface area (Å²) in [6.45, 7) is 0. The van der Waals surface area contributed by atoms with Crippen molar-refractivity contribution in [1.82, 2.24) is 9.97 Å². The molecule has 0 atom stereocenters. The molecule has 0 spiro atoms. The van der Waals surface area contributed by atoms with Crippen LogP contribution in [0.15, 0.2) is 175 Å². The molecule has 9 rings (SSSR count). The van der Waals surface area contributed by atoms with E-state index in [1.807, 2.05) is 66.7 Å². The second kappa shape index (κ2) is 12.8. The van der Waals surface area contributed by atoms with Crippen LogP contribution in [-0.2, 0) is 0 Å². The highest BCUT2D eigenvalue weighted by Gasteiger charge is 2.21. The number of nitrogens with zero attached hydrogens (tertiary/aromatic N) is 3. The first-order valence-corrected chi connectivity index (χ1v) is 16.9. The van der Waals surface area contributed by atoms with Gasteiger partial charge in [-0.2, -0.15) is 5.10 Å². The lowest BCUT2D eigenvalue weighted by atomic mass is 9.87. The largest absolute Gasteiger partial charge is 0.298 e. The van der Waals surface area contributed by atoms with Crippen LogP contribution < -0.4 is 5.43 Å². The molecule has 7 aromatic carbocycles. The summed E-state index contributed by atoms with van der Waals surface area (Å²) in [7, 11) is 0. The standard InChI is InChI=1S/C46H31N5/c47-44-42(51-50-36-13-5-2-6-14-36)28-27-33-23-21-32-22-26-35(29-40(32)43(33)44)37-15-7-8-16-38(37)46-48-41-18-10-9-17-39(41)45(49-46)34-24-19-31(20-25-34)30-11-3-1-4-12-30/h1-29,47,50H/b47-44?,51-42-. The van der Waals surface area contributed by atoms with Crippen LogP contribution in [0.25, 0.3) is 72.7 Å². The summed E-state index contributed by atoms with van der Waals surface area (Å²) in [5.74, 6) is 0.665. The lowest BCUT2D eigenvalue weighted by molar-refractivity contribution is 1.23. The number of hydrogen-bond acceptors (Lipinski definition) is 5. The smallest absolute Gasteiger partial charge is 0.161 e. The molecule has 1 aliphatic carbocycles. The molecule has 1 aliphatic rings. The first-order valence-electron chi connectivity index (χ1n) is 16.9. The van der Waals surface area contributed by atoms with Crippen LogP contribution in [-0.4, -0.2) is 21.4 Å². The maximum atomic E-state index is 9.23. The van der Waals surface area contributed by atoms with Crippen molar-refractivity contribution in [3.63, 3.8) is 0 Å². The number of benzene rings is 7. The van der Waals surface area contributed by atoms with E-state index in [1.165, 1.54) is 5.56 Å². The van der Waals surface area contributed by atoms with Gasteiger partial charge in [0.2, 0.25) is 0 Å². The van der Waals surface area contributed by atoms with Crippen molar-refractivity contribution in [2.75, 3.05) is 5.43 Å². The Labute approximate surface area is 295 Å². The van der Waals surface area contributed by atoms with Crippen molar-refractivity contribution in [3.05, 3.63) is 181 Å². The average molecular weight is 654 g/mol. The van der Waals surface area contributed by atoms with Gasteiger partial charge in [-0.1, -0.05) is 146 Å². The molecule has 0 radical (unpaired) electrons. The molecular formula is C46H31N5. The summed E-state index contributed by atoms with van der Waals surface area (Å²) in [5.41, 5.74) is 15.0. The topological polar surface area (TPSA) is 74.0 Å². The number of hydrazone groups is 1. The Morgan fingerprint density at radius 3 is 1.98 bits per heavy atom. The van der Waals surface area contributed by atoms with Gasteiger partial charge in [0.05, 0.1) is 22.6 Å². The Morgan fingerprint density at radius 1 is 0.510 bits per heavy atom. The Bertz CT molecular complexity index is 2660. The van der Waals surface area contributed by atoms with Gasteiger partial charge in [-0.15, -0.1) is 0 Å². The zero-order valence-corrected chi connectivity index (χ0v) is 27.6. The van der Waals surface area contributed by atoms with Crippen molar-refractivity contribution >= 4 is 44.9 Å². The van der Waals surface area contributed by atoms with E-state index in [1.54, 1.807) is 0 Å². The first kappa shape index (κ1) is 30.1. The summed E-state index contributed by atoms with van der Waals surface area (Å²) >= 11 is 0. The van der Waals surface area contributed by atoms with Crippen LogP contribution in [0.2, 0.25) is 0 Å². The van der Waals surface area contributed by atoms with Gasteiger partial charge in [0.25, 0.3) is 0 Å². The summed E-state index contributed by atoms with van der Waals surface area (Å²) in [5, 5.41) is 16.9. The number of allylic oxidation sites excluding steroid dienone is 1. The summed E-state index contributed by atoms with van der Waals surface area (Å²) in [4.78, 5) is 10.4. The highest BCUT2D eigenvalue weighted by molar-refractivity contribution is 6.55. The predicted molar refractivity (Wildman–Crippen MR) is 212 cm³/mol. The zero-order valence-electron chi connectivity index (χ0n) is 27.6. The van der Waals surface area contributed by atoms with Crippen LogP contribution in [0.1, 0.15) is 11.1 Å². The number of hydrogen-bond donors (Lipinski definition) is 2. The minimum absolute atomic E-state index is 0.382. The van der Waals surface area contributed by atoms with E-state index in [2.05, 4.69) is 120 Å². The summed E-state index contributed by atoms with van der Waals surface area (Å²) in [6, 6.07) is 56.0. The molecule has 0 fully saturated rings. The van der Waals surface area contributed by atoms with E-state index in [0.717, 1.165) is 72.0 Å². The normalized spacial score (nSPS) is 13.1. The minimum Gasteiger partial charge on any atom is -0.298 e. The molecule has 5 nitrogen and oxygen atoms in total. The molecule has 0 saturated heterocycles. The summed E-state index contributed by atoms with van der Waals surface area (Å²) in [6.07, 6.45) is 3.94. The number of anilines is 1. The molecule has 0 unspecified atom stereocenters. The van der Waals surface area contributed by atoms with Gasteiger partial charge in [-0.3, -0.25) is 10.8 Å². The number of aromatic nitrogens is 2. The lowest BCUT2D eigenvalue weighted by Gasteiger charge is -2.18. The molecule has 2 N–H and O–H groups in total. The number of rotatable bonds is 6. The number of nitrogens with one attached hydrogen (secondary N) is 2. The fourth-order valence-corrected chi connectivity index (χ4v) is 6.83. The molecule has 0 amide bonds. The molecule has 0 aliphatic heterocycles. The lowest BCUT2D eigenvalue weighted by Crippen LogP contribution is -2.18. The molecule has 1 aromatic heterocycles. The van der Waals surface area contributed by atoms with E-state index >= 15 is 0 Å². The van der Waals surface area contributed by atoms with Crippen molar-refractivity contribution in [3.8, 4) is 44.9 Å². The van der Waals surface area contributed by atoms with E-state index in [0.29, 0.717) is 17.2 Å². The van der Waals surface area contributed by atoms with Gasteiger partial charge in [0, 0.05) is 22.1 Å². The zero-order chi connectivity index (χ0) is 34.1. The van der Waals surface area contributed by atoms with Crippen LogP contribution in [0.4, 0.5) is 5.69 Å². The van der Waals surface area contributed by atoms with Gasteiger partial charge in [-0.25, -0.2) is 9.97 Å². The highest BCUT2D eigenvalue weighted by Crippen LogP contribution is 2.37. The maximum Gasteiger partial charge on any atom is 0.161 e. The maximum absolute atomic E-state index is 9.23. The highest BCUT2D eigenvalue weighted by atomic mass is 15.3. The molecule has 240 valence electrons. The summed E-state index contributed by atoms with van der Waals surface area (Å²) < 4.78 is 0. The molecule has 0 saturated carbocycles. The Hall–Kier alpha value is -6.98. The van der Waals surface area contributed by atoms with E-state index in [-0.39, 0.29) is 0 Å². The number of para-hydroxylation sites is 2. The average Bonchev–Trinajstić information content (AvgIpc) is 3.20. The third kappa shape index (κ3) is 5.67. The van der Waals surface area contributed by atoms with Crippen molar-refractivity contribution < 1.29 is 0 Å². The second-order valence-corrected chi connectivity index (χ2v) is 12.6. The minimum atomic E-state index is 0.382. The van der Waals surface area contributed by atoms with E-state index in [4.69, 9.17) is 9.97 Å². The Kier molecular flexibility index (Phi) is 7.56. The van der Waals surface area contributed by atoms with Gasteiger partial charge < -0.3 is 0 Å². The third-order valence-electron chi connectivity index (χ3n) is 9.41. The molecule has 1 heterocycles. The van der Waals surface area contributed by atoms with Crippen molar-refractivity contribution in [1.29, 1.82) is 5.41 Å². The van der Waals surface area contributed by atoms with Crippen LogP contribution >= 0.6 is 0 Å². The quantitative estimate of drug-likeness (QED) is 0.175. The Balaban J connectivity index is 1.13. The fraction of sp³-hybridized carbons (Fsp3) is 0. The van der Waals surface area contributed by atoms with Gasteiger partial charge in [0.1, 0.15) is 5.71 Å². The van der Waals surface area contributed by atoms with Crippen molar-refractivity contribution in [2.45, 2.75) is 0 Å². The predicted octanol–water partition coefficient (Wildman–Crippen LogP) is 11.3. The van der Waals surface area contributed by atoms with Crippen LogP contribution in [0.5, 0.6) is 0 Å². The molecular weight excluding hydrogens is 623 g/mol. The van der Waals surface area contributed by atoms with Crippen LogP contribution in [0.3, 0.4) is 0 Å². The third-order valence-corrected chi connectivity index (χ3v) is 9.41. The Morgan fingerprint density at radius 2 is 1.16 bits per heavy atom. The number of fused-ring (bicyclic) bond motifs is 4. The van der Waals surface area contributed by atoms with E-state index < -0.39 is 0 Å². The van der Waals surface area contributed by atoms with E-state index in [9.17, 15) is 5.41 Å². The monoisotopic (exact) mass is 653 g/mol. The van der Waals surface area contributed by atoms with Gasteiger partial charge in [-0.05, 0) is 68.9 Å². The van der Waals surface area contributed by atoms with Crippen molar-refractivity contribution in [2.24, 2.45) is 5.10 Å². The van der Waals surface area contributed by atoms with Gasteiger partial charge in [0.15, 0.2) is 5.82 Å². The first-order chi connectivity index (χ1) is 25.2. The van der Waals surface area contributed by atoms with Crippen LogP contribution in [0, 0.1) is 5.41 Å². The molecule has 0 bridgehead atoms. The SMILES string of the molecule is N=C1/C(=N\Nc2ccccc2)C=Cc2ccc3ccc(-c4ccccc4-c4nc(-c5ccc(-c6ccccc6)cc5)c5ccccc5n4)cc3c21. The molecule has 51 heavy (non-hydrogen) atoms. The second-order valence-electron chi connectivity index (χ2n) is 12.6. The van der Waals surface area contributed by atoms with Gasteiger partial charge >= 0.3 is 0 Å².